The van der Waals surface area contributed by atoms with Crippen LogP contribution in [0.25, 0.3) is 0 Å². The molecule has 0 radical (unpaired) electrons. The molecule has 1 aliphatic rings. The Balaban J connectivity index is 2.33. The smallest absolute Gasteiger partial charge is 0.404 e. The van der Waals surface area contributed by atoms with Crippen molar-refractivity contribution in [2.24, 2.45) is 5.73 Å². The van der Waals surface area contributed by atoms with Crippen molar-refractivity contribution in [3.8, 4) is 0 Å². The molecule has 0 aromatic heterocycles. The highest BCUT2D eigenvalue weighted by Crippen LogP contribution is 2.16. The number of amides is 1. The van der Waals surface area contributed by atoms with Gasteiger partial charge in [-0.3, -0.25) is 0 Å². The Labute approximate surface area is 59.4 Å². The van der Waals surface area contributed by atoms with E-state index in [9.17, 15) is 4.79 Å². The zero-order chi connectivity index (χ0) is 7.56. The number of carbonyl (C=O) groups is 1. The lowest BCUT2D eigenvalue weighted by atomic mass is 10.2. The molecule has 2 atom stereocenters. The summed E-state index contributed by atoms with van der Waals surface area (Å²) in [5, 5.41) is 10.7. The van der Waals surface area contributed by atoms with E-state index in [1.54, 1.807) is 0 Å². The van der Waals surface area contributed by atoms with Crippen LogP contribution in [0.3, 0.4) is 0 Å². The number of rotatable bonds is 1. The summed E-state index contributed by atoms with van der Waals surface area (Å²) in [7, 11) is 0. The standard InChI is InChI=1S/C6H12N2O2/c7-4-2-1-3-5(4)8-6(9)10/h4-5,8H,1-3,7H2,(H,9,10)/t4-,5-/m1/s1. The second-order valence-electron chi connectivity index (χ2n) is 2.65. The molecule has 1 rings (SSSR count). The summed E-state index contributed by atoms with van der Waals surface area (Å²) < 4.78 is 0. The summed E-state index contributed by atoms with van der Waals surface area (Å²) in [6.45, 7) is 0. The van der Waals surface area contributed by atoms with Crippen molar-refractivity contribution in [2.75, 3.05) is 0 Å². The molecule has 1 saturated carbocycles. The average Bonchev–Trinajstić information content (AvgIpc) is 2.15. The second kappa shape index (κ2) is 2.88. The van der Waals surface area contributed by atoms with Crippen molar-refractivity contribution in [1.29, 1.82) is 0 Å². The highest BCUT2D eigenvalue weighted by atomic mass is 16.4. The van der Waals surface area contributed by atoms with Gasteiger partial charge in [-0.1, -0.05) is 0 Å². The largest absolute Gasteiger partial charge is 0.465 e. The van der Waals surface area contributed by atoms with E-state index in [1.165, 1.54) is 0 Å². The van der Waals surface area contributed by atoms with Gasteiger partial charge in [0.1, 0.15) is 0 Å². The fraction of sp³-hybridized carbons (Fsp3) is 0.833. The van der Waals surface area contributed by atoms with Crippen LogP contribution in [-0.4, -0.2) is 23.3 Å². The van der Waals surface area contributed by atoms with Gasteiger partial charge in [-0.15, -0.1) is 0 Å². The molecular formula is C6H12N2O2. The van der Waals surface area contributed by atoms with E-state index in [0.29, 0.717) is 0 Å². The zero-order valence-corrected chi connectivity index (χ0v) is 5.71. The summed E-state index contributed by atoms with van der Waals surface area (Å²) in [5.41, 5.74) is 5.60. The van der Waals surface area contributed by atoms with Crippen molar-refractivity contribution >= 4 is 6.09 Å². The molecule has 1 aliphatic carbocycles. The van der Waals surface area contributed by atoms with Crippen molar-refractivity contribution in [1.82, 2.24) is 5.32 Å². The first kappa shape index (κ1) is 7.34. The highest BCUT2D eigenvalue weighted by molar-refractivity contribution is 5.65. The summed E-state index contributed by atoms with van der Waals surface area (Å²) in [5.74, 6) is 0. The molecular weight excluding hydrogens is 132 g/mol. The molecule has 0 aliphatic heterocycles. The third kappa shape index (κ3) is 1.60. The lowest BCUT2D eigenvalue weighted by molar-refractivity contribution is 0.189. The maximum atomic E-state index is 10.1. The van der Waals surface area contributed by atoms with Crippen LogP contribution in [0.15, 0.2) is 0 Å². The van der Waals surface area contributed by atoms with Crippen LogP contribution in [0.4, 0.5) is 4.79 Å². The first-order valence-corrected chi connectivity index (χ1v) is 3.45. The Morgan fingerprint density at radius 3 is 2.70 bits per heavy atom. The summed E-state index contributed by atoms with van der Waals surface area (Å²) >= 11 is 0. The molecule has 0 saturated heterocycles. The molecule has 0 aromatic carbocycles. The van der Waals surface area contributed by atoms with Crippen LogP contribution in [-0.2, 0) is 0 Å². The number of nitrogens with one attached hydrogen (secondary N) is 1. The number of carboxylic acid groups (broad SMARTS) is 1. The van der Waals surface area contributed by atoms with Gasteiger partial charge in [0.2, 0.25) is 0 Å². The molecule has 0 unspecified atom stereocenters. The van der Waals surface area contributed by atoms with Gasteiger partial charge in [0.25, 0.3) is 0 Å². The predicted octanol–water partition coefficient (Wildman–Crippen LogP) is 0.134. The van der Waals surface area contributed by atoms with Gasteiger partial charge in [-0.25, -0.2) is 4.79 Å². The quantitative estimate of drug-likeness (QED) is 0.489. The Morgan fingerprint density at radius 2 is 2.30 bits per heavy atom. The van der Waals surface area contributed by atoms with Crippen LogP contribution in [0.1, 0.15) is 19.3 Å². The Bertz CT molecular complexity index is 138. The van der Waals surface area contributed by atoms with Crippen molar-refractivity contribution in [3.05, 3.63) is 0 Å². The molecule has 4 N–H and O–H groups in total. The minimum absolute atomic E-state index is 0.0162. The molecule has 10 heavy (non-hydrogen) atoms. The SMILES string of the molecule is N[C@@H]1CCC[C@H]1NC(=O)O. The Kier molecular flexibility index (Phi) is 2.11. The van der Waals surface area contributed by atoms with E-state index in [-0.39, 0.29) is 12.1 Å². The van der Waals surface area contributed by atoms with Crippen molar-refractivity contribution in [2.45, 2.75) is 31.3 Å². The van der Waals surface area contributed by atoms with E-state index in [4.69, 9.17) is 10.8 Å². The van der Waals surface area contributed by atoms with Gasteiger partial charge < -0.3 is 16.2 Å². The van der Waals surface area contributed by atoms with Gasteiger partial charge in [0, 0.05) is 12.1 Å². The highest BCUT2D eigenvalue weighted by Gasteiger charge is 2.24. The third-order valence-electron chi connectivity index (χ3n) is 1.88. The molecule has 0 bridgehead atoms. The zero-order valence-electron chi connectivity index (χ0n) is 5.71. The van der Waals surface area contributed by atoms with Gasteiger partial charge in [-0.2, -0.15) is 0 Å². The summed E-state index contributed by atoms with van der Waals surface area (Å²) in [4.78, 5) is 10.1. The van der Waals surface area contributed by atoms with E-state index in [0.717, 1.165) is 19.3 Å². The first-order valence-electron chi connectivity index (χ1n) is 3.45. The monoisotopic (exact) mass is 144 g/mol. The summed E-state index contributed by atoms with van der Waals surface area (Å²) in [6.07, 6.45) is 1.88. The predicted molar refractivity (Wildman–Crippen MR) is 36.8 cm³/mol. The van der Waals surface area contributed by atoms with Gasteiger partial charge in [0.05, 0.1) is 0 Å². The Morgan fingerprint density at radius 1 is 1.60 bits per heavy atom. The lowest BCUT2D eigenvalue weighted by Gasteiger charge is -2.13. The second-order valence-corrected chi connectivity index (χ2v) is 2.65. The normalized spacial score (nSPS) is 32.1. The molecule has 1 amide bonds. The molecule has 58 valence electrons. The van der Waals surface area contributed by atoms with E-state index in [1.807, 2.05) is 0 Å². The van der Waals surface area contributed by atoms with E-state index in [2.05, 4.69) is 5.32 Å². The van der Waals surface area contributed by atoms with Gasteiger partial charge >= 0.3 is 6.09 Å². The van der Waals surface area contributed by atoms with E-state index < -0.39 is 6.09 Å². The van der Waals surface area contributed by atoms with Crippen LogP contribution < -0.4 is 11.1 Å². The van der Waals surface area contributed by atoms with E-state index >= 15 is 0 Å². The van der Waals surface area contributed by atoms with Crippen molar-refractivity contribution < 1.29 is 9.90 Å². The number of hydrogen-bond acceptors (Lipinski definition) is 2. The molecule has 1 fully saturated rings. The minimum atomic E-state index is -0.970. The summed E-state index contributed by atoms with van der Waals surface area (Å²) in [6, 6.07) is 0.00796. The lowest BCUT2D eigenvalue weighted by Crippen LogP contribution is -2.43. The van der Waals surface area contributed by atoms with Gasteiger partial charge in [-0.05, 0) is 19.3 Å². The van der Waals surface area contributed by atoms with Crippen LogP contribution >= 0.6 is 0 Å². The minimum Gasteiger partial charge on any atom is -0.465 e. The first-order chi connectivity index (χ1) is 4.70. The molecule has 4 nitrogen and oxygen atoms in total. The number of nitrogens with two attached hydrogens (primary N) is 1. The fourth-order valence-corrected chi connectivity index (χ4v) is 1.33. The van der Waals surface area contributed by atoms with Crippen LogP contribution in [0, 0.1) is 0 Å². The van der Waals surface area contributed by atoms with Crippen LogP contribution in [0.2, 0.25) is 0 Å². The fourth-order valence-electron chi connectivity index (χ4n) is 1.33. The molecule has 0 spiro atoms. The topological polar surface area (TPSA) is 75.3 Å². The molecule has 0 heterocycles. The maximum absolute atomic E-state index is 10.1. The van der Waals surface area contributed by atoms with Crippen LogP contribution in [0.5, 0.6) is 0 Å². The average molecular weight is 144 g/mol. The number of hydrogen-bond donors (Lipinski definition) is 3. The third-order valence-corrected chi connectivity index (χ3v) is 1.88. The maximum Gasteiger partial charge on any atom is 0.404 e. The van der Waals surface area contributed by atoms with Gasteiger partial charge in [0.15, 0.2) is 0 Å². The molecule has 0 aromatic rings. The van der Waals surface area contributed by atoms with Crippen molar-refractivity contribution in [3.63, 3.8) is 0 Å². The Hall–Kier alpha value is -0.770. The molecule has 4 heteroatoms.